The topological polar surface area (TPSA) is 92.5 Å². The highest BCUT2D eigenvalue weighted by atomic mass is 35.5. The summed E-state index contributed by atoms with van der Waals surface area (Å²) in [5.74, 6) is 1.55. The third-order valence-corrected chi connectivity index (χ3v) is 5.03. The lowest BCUT2D eigenvalue weighted by molar-refractivity contribution is 0.410. The average Bonchev–Trinajstić information content (AvgIpc) is 3.02. The van der Waals surface area contributed by atoms with Gasteiger partial charge in [0.25, 0.3) is 0 Å². The molecule has 0 unspecified atom stereocenters. The number of nitrogens with one attached hydrogen (secondary N) is 2. The standard InChI is InChI=1S/C18H21ClN6/c1-10-7-21-18(15-9-23-17-14(15)6-11(19)8-22-17)25-16(10)24-13-4-2-12(20)3-5-13/h6-9,12-13H,2-5,20H2,1H3,(H,22,23)(H,21,24,25). The van der Waals surface area contributed by atoms with Gasteiger partial charge < -0.3 is 16.0 Å². The van der Waals surface area contributed by atoms with E-state index in [0.29, 0.717) is 22.9 Å². The van der Waals surface area contributed by atoms with E-state index in [0.717, 1.165) is 53.7 Å². The first-order valence-electron chi connectivity index (χ1n) is 8.59. The van der Waals surface area contributed by atoms with Crippen molar-refractivity contribution in [1.29, 1.82) is 0 Å². The molecule has 25 heavy (non-hydrogen) atoms. The summed E-state index contributed by atoms with van der Waals surface area (Å²) >= 11 is 6.09. The minimum Gasteiger partial charge on any atom is -0.367 e. The average molecular weight is 357 g/mol. The lowest BCUT2D eigenvalue weighted by atomic mass is 9.92. The molecule has 0 saturated heterocycles. The van der Waals surface area contributed by atoms with E-state index < -0.39 is 0 Å². The van der Waals surface area contributed by atoms with Crippen LogP contribution in [0.3, 0.4) is 0 Å². The largest absolute Gasteiger partial charge is 0.367 e. The van der Waals surface area contributed by atoms with E-state index in [1.54, 1.807) is 6.20 Å². The molecule has 1 aliphatic rings. The number of nitrogens with zero attached hydrogens (tertiary/aromatic N) is 3. The first-order valence-corrected chi connectivity index (χ1v) is 8.96. The van der Waals surface area contributed by atoms with Crippen LogP contribution < -0.4 is 11.1 Å². The van der Waals surface area contributed by atoms with Gasteiger partial charge in [-0.25, -0.2) is 15.0 Å². The summed E-state index contributed by atoms with van der Waals surface area (Å²) < 4.78 is 0. The zero-order valence-corrected chi connectivity index (χ0v) is 14.8. The summed E-state index contributed by atoms with van der Waals surface area (Å²) in [6.07, 6.45) is 9.63. The number of rotatable bonds is 3. The van der Waals surface area contributed by atoms with E-state index in [2.05, 4.69) is 20.3 Å². The first-order chi connectivity index (χ1) is 12.1. The van der Waals surface area contributed by atoms with Crippen molar-refractivity contribution in [2.75, 3.05) is 5.32 Å². The molecule has 4 rings (SSSR count). The van der Waals surface area contributed by atoms with Crippen LogP contribution in [0, 0.1) is 6.92 Å². The molecule has 4 N–H and O–H groups in total. The van der Waals surface area contributed by atoms with Gasteiger partial charge >= 0.3 is 0 Å². The van der Waals surface area contributed by atoms with Gasteiger partial charge in [0.1, 0.15) is 11.5 Å². The van der Waals surface area contributed by atoms with Gasteiger partial charge in [-0.3, -0.25) is 0 Å². The van der Waals surface area contributed by atoms with E-state index in [1.165, 1.54) is 0 Å². The Labute approximate surface area is 151 Å². The maximum atomic E-state index is 6.09. The molecule has 7 heteroatoms. The molecule has 3 aromatic rings. The smallest absolute Gasteiger partial charge is 0.163 e. The van der Waals surface area contributed by atoms with Gasteiger partial charge in [-0.2, -0.15) is 0 Å². The van der Waals surface area contributed by atoms with E-state index in [-0.39, 0.29) is 0 Å². The number of H-pyrrole nitrogens is 1. The second-order valence-corrected chi connectivity index (χ2v) is 7.17. The number of aryl methyl sites for hydroxylation is 1. The van der Waals surface area contributed by atoms with Gasteiger partial charge in [0.2, 0.25) is 0 Å². The lowest BCUT2D eigenvalue weighted by Gasteiger charge is -2.27. The Kier molecular flexibility index (Phi) is 4.31. The minimum atomic E-state index is 0.337. The fourth-order valence-corrected chi connectivity index (χ4v) is 3.50. The molecular formula is C18H21ClN6. The number of hydrogen-bond acceptors (Lipinski definition) is 5. The SMILES string of the molecule is Cc1cnc(-c2c[nH]c3ncc(Cl)cc23)nc1NC1CCC(N)CC1. The zero-order chi connectivity index (χ0) is 17.4. The summed E-state index contributed by atoms with van der Waals surface area (Å²) in [6.45, 7) is 2.02. The predicted molar refractivity (Wildman–Crippen MR) is 101 cm³/mol. The molecule has 0 spiro atoms. The Hall–Kier alpha value is -2.18. The van der Waals surface area contributed by atoms with Crippen LogP contribution in [0.5, 0.6) is 0 Å². The highest BCUT2D eigenvalue weighted by Gasteiger charge is 2.20. The number of aromatic amines is 1. The fraction of sp³-hybridized carbons (Fsp3) is 0.389. The van der Waals surface area contributed by atoms with Crippen molar-refractivity contribution < 1.29 is 0 Å². The molecule has 0 amide bonds. The number of nitrogens with two attached hydrogens (primary N) is 1. The number of fused-ring (bicyclic) bond motifs is 1. The van der Waals surface area contributed by atoms with Gasteiger partial charge in [0.15, 0.2) is 5.82 Å². The van der Waals surface area contributed by atoms with Gasteiger partial charge in [0, 0.05) is 47.2 Å². The van der Waals surface area contributed by atoms with Gasteiger partial charge in [-0.05, 0) is 38.7 Å². The highest BCUT2D eigenvalue weighted by Crippen LogP contribution is 2.29. The molecule has 0 radical (unpaired) electrons. The quantitative estimate of drug-likeness (QED) is 0.666. The third kappa shape index (κ3) is 3.32. The van der Waals surface area contributed by atoms with E-state index >= 15 is 0 Å². The van der Waals surface area contributed by atoms with Crippen molar-refractivity contribution >= 4 is 28.5 Å². The summed E-state index contributed by atoms with van der Waals surface area (Å²) in [4.78, 5) is 16.7. The van der Waals surface area contributed by atoms with E-state index in [4.69, 9.17) is 22.3 Å². The summed E-state index contributed by atoms with van der Waals surface area (Å²) in [7, 11) is 0. The number of pyridine rings is 1. The molecule has 3 aromatic heterocycles. The number of anilines is 1. The molecule has 130 valence electrons. The fourth-order valence-electron chi connectivity index (χ4n) is 3.34. The van der Waals surface area contributed by atoms with Crippen LogP contribution in [-0.4, -0.2) is 32.0 Å². The van der Waals surface area contributed by atoms with E-state index in [9.17, 15) is 0 Å². The molecule has 6 nitrogen and oxygen atoms in total. The molecule has 0 bridgehead atoms. The van der Waals surface area contributed by atoms with Crippen molar-refractivity contribution in [3.05, 3.63) is 35.2 Å². The Morgan fingerprint density at radius 2 is 2.00 bits per heavy atom. The molecule has 3 heterocycles. The van der Waals surface area contributed by atoms with Gasteiger partial charge in [-0.1, -0.05) is 11.6 Å². The minimum absolute atomic E-state index is 0.337. The van der Waals surface area contributed by atoms with E-state index in [1.807, 2.05) is 25.4 Å². The van der Waals surface area contributed by atoms with Gasteiger partial charge in [0.05, 0.1) is 5.02 Å². The number of aromatic nitrogens is 4. The summed E-state index contributed by atoms with van der Waals surface area (Å²) in [6, 6.07) is 2.64. The maximum absolute atomic E-state index is 6.09. The normalized spacial score (nSPS) is 20.8. The van der Waals surface area contributed by atoms with Crippen LogP contribution in [0.15, 0.2) is 24.7 Å². The maximum Gasteiger partial charge on any atom is 0.163 e. The number of hydrogen-bond donors (Lipinski definition) is 3. The van der Waals surface area contributed by atoms with Crippen LogP contribution in [0.1, 0.15) is 31.2 Å². The third-order valence-electron chi connectivity index (χ3n) is 4.82. The van der Waals surface area contributed by atoms with Crippen LogP contribution in [-0.2, 0) is 0 Å². The zero-order valence-electron chi connectivity index (χ0n) is 14.1. The van der Waals surface area contributed by atoms with Crippen LogP contribution in [0.4, 0.5) is 5.82 Å². The summed E-state index contributed by atoms with van der Waals surface area (Å²) in [5.41, 5.74) is 8.72. The highest BCUT2D eigenvalue weighted by molar-refractivity contribution is 6.31. The molecule has 0 atom stereocenters. The number of halogens is 1. The molecule has 1 fully saturated rings. The van der Waals surface area contributed by atoms with Gasteiger partial charge in [-0.15, -0.1) is 0 Å². The molecule has 1 saturated carbocycles. The van der Waals surface area contributed by atoms with Crippen LogP contribution in [0.25, 0.3) is 22.4 Å². The molecule has 0 aliphatic heterocycles. The second-order valence-electron chi connectivity index (χ2n) is 6.73. The lowest BCUT2D eigenvalue weighted by Crippen LogP contribution is -2.33. The van der Waals surface area contributed by atoms with Crippen LogP contribution >= 0.6 is 11.6 Å². The molecule has 1 aliphatic carbocycles. The van der Waals surface area contributed by atoms with Crippen LogP contribution in [0.2, 0.25) is 5.02 Å². The van der Waals surface area contributed by atoms with Crippen molar-refractivity contribution in [3.8, 4) is 11.4 Å². The Bertz CT molecular complexity index is 898. The molecular weight excluding hydrogens is 336 g/mol. The Morgan fingerprint density at radius 1 is 1.20 bits per heavy atom. The molecule has 0 aromatic carbocycles. The van der Waals surface area contributed by atoms with Crippen molar-refractivity contribution in [1.82, 2.24) is 19.9 Å². The second kappa shape index (κ2) is 6.61. The van der Waals surface area contributed by atoms with Crippen molar-refractivity contribution in [2.45, 2.75) is 44.7 Å². The monoisotopic (exact) mass is 356 g/mol. The first kappa shape index (κ1) is 16.3. The Balaban J connectivity index is 1.65. The Morgan fingerprint density at radius 3 is 2.80 bits per heavy atom. The van der Waals surface area contributed by atoms with Crippen molar-refractivity contribution in [3.63, 3.8) is 0 Å². The summed E-state index contributed by atoms with van der Waals surface area (Å²) in [5, 5.41) is 5.09. The predicted octanol–water partition coefficient (Wildman–Crippen LogP) is 3.66. The van der Waals surface area contributed by atoms with Crippen molar-refractivity contribution in [2.24, 2.45) is 5.73 Å².